The van der Waals surface area contributed by atoms with Crippen LogP contribution in [0.3, 0.4) is 0 Å². The molecule has 1 aliphatic rings. The number of nitrogens with zero attached hydrogens (tertiary/aromatic N) is 3. The second-order valence-corrected chi connectivity index (χ2v) is 7.91. The van der Waals surface area contributed by atoms with E-state index in [-0.39, 0.29) is 12.6 Å². The third-order valence-electron chi connectivity index (χ3n) is 5.86. The highest BCUT2D eigenvalue weighted by Gasteiger charge is 2.23. The zero-order valence-corrected chi connectivity index (χ0v) is 19.5. The molecular formula is C25H28N4O5. The van der Waals surface area contributed by atoms with Crippen LogP contribution in [0.4, 0.5) is 10.5 Å². The van der Waals surface area contributed by atoms with Gasteiger partial charge in [0.1, 0.15) is 5.75 Å². The first-order chi connectivity index (χ1) is 16.5. The van der Waals surface area contributed by atoms with E-state index in [0.717, 1.165) is 16.8 Å². The Balaban J connectivity index is 1.35. The molecule has 4 rings (SSSR count). The summed E-state index contributed by atoms with van der Waals surface area (Å²) in [6.45, 7) is 4.60. The van der Waals surface area contributed by atoms with Gasteiger partial charge in [0, 0.05) is 51.4 Å². The third-order valence-corrected chi connectivity index (χ3v) is 5.86. The second kappa shape index (κ2) is 10.3. The molecule has 2 amide bonds. The first-order valence-electron chi connectivity index (χ1n) is 11.0. The van der Waals surface area contributed by atoms with Gasteiger partial charge in [0.15, 0.2) is 11.7 Å². The van der Waals surface area contributed by atoms with Gasteiger partial charge in [-0.05, 0) is 23.8 Å². The van der Waals surface area contributed by atoms with Crippen LogP contribution in [0.2, 0.25) is 0 Å². The van der Waals surface area contributed by atoms with Gasteiger partial charge in [0.2, 0.25) is 0 Å². The second-order valence-electron chi connectivity index (χ2n) is 7.91. The van der Waals surface area contributed by atoms with Crippen LogP contribution < -0.4 is 15.0 Å². The van der Waals surface area contributed by atoms with Crippen molar-refractivity contribution in [2.45, 2.75) is 13.5 Å². The molecule has 0 atom stereocenters. The van der Waals surface area contributed by atoms with E-state index in [1.807, 2.05) is 30.3 Å². The number of methoxy groups -OCH3 is 2. The van der Waals surface area contributed by atoms with E-state index >= 15 is 0 Å². The van der Waals surface area contributed by atoms with Gasteiger partial charge in [0.05, 0.1) is 31.5 Å². The molecular weight excluding hydrogens is 436 g/mol. The summed E-state index contributed by atoms with van der Waals surface area (Å²) in [6, 6.07) is 12.9. The predicted octanol–water partition coefficient (Wildman–Crippen LogP) is 3.48. The minimum absolute atomic E-state index is 0.159. The minimum Gasteiger partial charge on any atom is -0.496 e. The normalized spacial score (nSPS) is 13.5. The lowest BCUT2D eigenvalue weighted by Crippen LogP contribution is -2.51. The van der Waals surface area contributed by atoms with Gasteiger partial charge < -0.3 is 29.0 Å². The Morgan fingerprint density at radius 3 is 2.53 bits per heavy atom. The van der Waals surface area contributed by atoms with Crippen LogP contribution in [0.1, 0.15) is 21.8 Å². The Kier molecular flexibility index (Phi) is 7.01. The molecule has 0 unspecified atom stereocenters. The topological polar surface area (TPSA) is 97.1 Å². The summed E-state index contributed by atoms with van der Waals surface area (Å²) in [6.07, 6.45) is 1.69. The molecule has 1 saturated heterocycles. The number of ether oxygens (including phenoxy) is 2. The van der Waals surface area contributed by atoms with Gasteiger partial charge >= 0.3 is 12.0 Å². The molecule has 0 aliphatic carbocycles. The van der Waals surface area contributed by atoms with E-state index in [2.05, 4.69) is 15.2 Å². The summed E-state index contributed by atoms with van der Waals surface area (Å²) < 4.78 is 16.0. The number of carbonyl (C=O) groups excluding carboxylic acids is 2. The number of hydrogen-bond acceptors (Lipinski definition) is 7. The van der Waals surface area contributed by atoms with Crippen molar-refractivity contribution in [1.82, 2.24) is 15.2 Å². The first-order valence-corrected chi connectivity index (χ1v) is 11.0. The lowest BCUT2D eigenvalue weighted by Gasteiger charge is -2.36. The van der Waals surface area contributed by atoms with Gasteiger partial charge in [-0.1, -0.05) is 18.2 Å². The Morgan fingerprint density at radius 1 is 1.09 bits per heavy atom. The average molecular weight is 465 g/mol. The van der Waals surface area contributed by atoms with Crippen LogP contribution >= 0.6 is 0 Å². The first kappa shape index (κ1) is 23.2. The van der Waals surface area contributed by atoms with Crippen LogP contribution in [0.5, 0.6) is 5.75 Å². The molecule has 3 aromatic rings. The number of piperazine rings is 1. The maximum absolute atomic E-state index is 12.7. The highest BCUT2D eigenvalue weighted by Crippen LogP contribution is 2.34. The van der Waals surface area contributed by atoms with E-state index in [4.69, 9.17) is 13.9 Å². The smallest absolute Gasteiger partial charge is 0.338 e. The van der Waals surface area contributed by atoms with Crippen molar-refractivity contribution in [3.8, 4) is 17.1 Å². The van der Waals surface area contributed by atoms with Crippen molar-refractivity contribution in [1.29, 1.82) is 0 Å². The van der Waals surface area contributed by atoms with Gasteiger partial charge in [-0.15, -0.1) is 0 Å². The molecule has 1 fully saturated rings. The van der Waals surface area contributed by atoms with Crippen molar-refractivity contribution in [3.05, 3.63) is 65.7 Å². The minimum atomic E-state index is -0.418. The van der Waals surface area contributed by atoms with Crippen LogP contribution in [-0.4, -0.2) is 62.3 Å². The number of urea groups is 1. The van der Waals surface area contributed by atoms with E-state index in [1.165, 1.54) is 7.11 Å². The lowest BCUT2D eigenvalue weighted by atomic mass is 10.1. The van der Waals surface area contributed by atoms with Gasteiger partial charge in [-0.3, -0.25) is 0 Å². The molecule has 1 N–H and O–H groups in total. The Hall–Kier alpha value is -4.01. The Bertz CT molecular complexity index is 1170. The molecule has 2 aromatic carbocycles. The maximum Gasteiger partial charge on any atom is 0.338 e. The molecule has 9 nitrogen and oxygen atoms in total. The summed E-state index contributed by atoms with van der Waals surface area (Å²) in [5.41, 5.74) is 3.03. The van der Waals surface area contributed by atoms with Crippen LogP contribution in [0.25, 0.3) is 11.3 Å². The summed E-state index contributed by atoms with van der Waals surface area (Å²) in [5.74, 6) is 1.55. The summed E-state index contributed by atoms with van der Waals surface area (Å²) >= 11 is 0. The van der Waals surface area contributed by atoms with Crippen molar-refractivity contribution >= 4 is 17.7 Å². The fourth-order valence-electron chi connectivity index (χ4n) is 4.00. The summed E-state index contributed by atoms with van der Waals surface area (Å²) in [4.78, 5) is 32.8. The zero-order chi connectivity index (χ0) is 24.1. The average Bonchev–Trinajstić information content (AvgIpc) is 3.32. The number of oxazole rings is 1. The van der Waals surface area contributed by atoms with Gasteiger partial charge in [-0.2, -0.15) is 0 Å². The number of amides is 2. The lowest BCUT2D eigenvalue weighted by molar-refractivity contribution is 0.0599. The van der Waals surface area contributed by atoms with Crippen molar-refractivity contribution in [3.63, 3.8) is 0 Å². The van der Waals surface area contributed by atoms with Crippen molar-refractivity contribution < 1.29 is 23.5 Å². The number of aryl methyl sites for hydroxylation is 1. The number of aromatic nitrogens is 1. The Labute approximate surface area is 198 Å². The van der Waals surface area contributed by atoms with E-state index in [9.17, 15) is 9.59 Å². The van der Waals surface area contributed by atoms with E-state index in [1.54, 1.807) is 37.3 Å². The standard InChI is InChI=1S/C25H28N4O5/c1-17-26-16-23(34-17)21-9-8-19(14-22(21)32-2)28-10-12-29(13-11-28)25(31)27-15-18-6-4-5-7-20(18)24(30)33-3/h4-9,14,16H,10-13,15H2,1-3H3,(H,27,31). The van der Waals surface area contributed by atoms with E-state index in [0.29, 0.717) is 49.1 Å². The largest absolute Gasteiger partial charge is 0.496 e. The van der Waals surface area contributed by atoms with Crippen LogP contribution in [0, 0.1) is 6.92 Å². The fraction of sp³-hybridized carbons (Fsp3) is 0.320. The van der Waals surface area contributed by atoms with E-state index < -0.39 is 5.97 Å². The molecule has 0 saturated carbocycles. The highest BCUT2D eigenvalue weighted by molar-refractivity contribution is 5.91. The van der Waals surface area contributed by atoms with Crippen LogP contribution in [0.15, 0.2) is 53.1 Å². The van der Waals surface area contributed by atoms with Gasteiger partial charge in [0.25, 0.3) is 0 Å². The maximum atomic E-state index is 12.7. The molecule has 0 spiro atoms. The quantitative estimate of drug-likeness (QED) is 0.558. The number of esters is 1. The number of nitrogens with one attached hydrogen (secondary N) is 1. The summed E-state index contributed by atoms with van der Waals surface area (Å²) in [7, 11) is 2.97. The fourth-order valence-corrected chi connectivity index (χ4v) is 4.00. The molecule has 0 bridgehead atoms. The van der Waals surface area contributed by atoms with Crippen molar-refractivity contribution in [2.24, 2.45) is 0 Å². The number of benzene rings is 2. The number of anilines is 1. The Morgan fingerprint density at radius 2 is 1.85 bits per heavy atom. The van der Waals surface area contributed by atoms with Gasteiger partial charge in [-0.25, -0.2) is 14.6 Å². The molecule has 9 heteroatoms. The third kappa shape index (κ3) is 4.98. The number of rotatable bonds is 6. The zero-order valence-electron chi connectivity index (χ0n) is 19.5. The molecule has 1 aromatic heterocycles. The molecule has 0 radical (unpaired) electrons. The summed E-state index contributed by atoms with van der Waals surface area (Å²) in [5, 5.41) is 2.91. The monoisotopic (exact) mass is 464 g/mol. The molecule has 178 valence electrons. The molecule has 1 aliphatic heterocycles. The highest BCUT2D eigenvalue weighted by atomic mass is 16.5. The van der Waals surface area contributed by atoms with Crippen LogP contribution in [-0.2, 0) is 11.3 Å². The number of carbonyl (C=O) groups is 2. The SMILES string of the molecule is COC(=O)c1ccccc1CNC(=O)N1CCN(c2ccc(-c3cnc(C)o3)c(OC)c2)CC1. The van der Waals surface area contributed by atoms with Crippen molar-refractivity contribution in [2.75, 3.05) is 45.3 Å². The predicted molar refractivity (Wildman–Crippen MR) is 127 cm³/mol. The molecule has 34 heavy (non-hydrogen) atoms. The molecule has 2 heterocycles. The number of hydrogen-bond donors (Lipinski definition) is 1.